The molecule has 52 heavy (non-hydrogen) atoms. The summed E-state index contributed by atoms with van der Waals surface area (Å²) in [6.45, 7) is 12.7. The topological polar surface area (TPSA) is 240 Å². The molecule has 1 saturated heterocycles. The first-order valence-corrected chi connectivity index (χ1v) is 16.9. The normalized spacial score (nSPS) is 19.4. The van der Waals surface area contributed by atoms with Crippen LogP contribution in [0.3, 0.4) is 0 Å². The summed E-state index contributed by atoms with van der Waals surface area (Å²) < 4.78 is 28.9. The van der Waals surface area contributed by atoms with Crippen molar-refractivity contribution in [1.29, 1.82) is 0 Å². The van der Waals surface area contributed by atoms with E-state index in [0.29, 0.717) is 30.9 Å². The van der Waals surface area contributed by atoms with E-state index < -0.39 is 65.8 Å². The quantitative estimate of drug-likeness (QED) is 0.0963. The maximum atomic E-state index is 13.9. The molecule has 5 atom stereocenters. The van der Waals surface area contributed by atoms with Crippen molar-refractivity contribution in [3.05, 3.63) is 42.5 Å². The van der Waals surface area contributed by atoms with Crippen molar-refractivity contribution in [1.82, 2.24) is 35.5 Å². The van der Waals surface area contributed by atoms with Gasteiger partial charge in [-0.3, -0.25) is 9.36 Å². The van der Waals surface area contributed by atoms with Crippen LogP contribution in [0.15, 0.2) is 36.9 Å². The molecule has 4 rings (SSSR count). The van der Waals surface area contributed by atoms with E-state index in [4.69, 9.17) is 29.4 Å². The fourth-order valence-corrected chi connectivity index (χ4v) is 5.19. The number of nitrogens with zero attached hydrogens (tertiary/aromatic N) is 4. The standard InChI is InChI=1S/C34H48N8O10/c1-8-48-30(45)25-22(24(43)29(50-25)42-18-39-23-26(35)37-17-38-27(23)42)41-28(44)21(40-32(47)52-34(5,6)7)16-19-10-12-20(13-11-19)49-15-9-14-36-31(46)51-33(2,3)4/h10-13,17-18,21-22,24-25,29,43H,8-9,14-16H2,1-7H3,(H,36,46)(H,40,47)(H,41,44)(H2,35,37,38)/t21-,22-,24+,25-,29+/m0/s1. The lowest BCUT2D eigenvalue weighted by Gasteiger charge is -2.26. The zero-order valence-electron chi connectivity index (χ0n) is 30.4. The number of benzene rings is 1. The molecule has 3 aromatic rings. The minimum absolute atomic E-state index is 0.00466. The molecule has 18 heteroatoms. The van der Waals surface area contributed by atoms with Gasteiger partial charge in [0.25, 0.3) is 0 Å². The number of hydrogen-bond donors (Lipinski definition) is 5. The van der Waals surface area contributed by atoms with Crippen molar-refractivity contribution in [2.24, 2.45) is 0 Å². The Morgan fingerprint density at radius 2 is 1.67 bits per heavy atom. The van der Waals surface area contributed by atoms with Crippen molar-refractivity contribution in [2.75, 3.05) is 25.5 Å². The van der Waals surface area contributed by atoms with Gasteiger partial charge < -0.3 is 50.5 Å². The van der Waals surface area contributed by atoms with Crippen LogP contribution in [-0.4, -0.2) is 104 Å². The number of rotatable bonds is 13. The highest BCUT2D eigenvalue weighted by Gasteiger charge is 2.50. The summed E-state index contributed by atoms with van der Waals surface area (Å²) in [6.07, 6.45) is -2.42. The summed E-state index contributed by atoms with van der Waals surface area (Å²) in [6, 6.07) is 4.36. The van der Waals surface area contributed by atoms with Gasteiger partial charge in [0.2, 0.25) is 5.91 Å². The van der Waals surface area contributed by atoms with Crippen molar-refractivity contribution in [3.63, 3.8) is 0 Å². The summed E-state index contributed by atoms with van der Waals surface area (Å²) in [7, 11) is 0. The molecule has 1 aliphatic rings. The molecule has 0 saturated carbocycles. The lowest BCUT2D eigenvalue weighted by molar-refractivity contribution is -0.159. The molecular weight excluding hydrogens is 680 g/mol. The van der Waals surface area contributed by atoms with Crippen LogP contribution in [0.2, 0.25) is 0 Å². The summed E-state index contributed by atoms with van der Waals surface area (Å²) in [4.78, 5) is 63.9. The number of carbonyl (C=O) groups excluding carboxylic acids is 4. The van der Waals surface area contributed by atoms with Crippen LogP contribution in [0.4, 0.5) is 15.4 Å². The number of alkyl carbamates (subject to hydrolysis) is 2. The van der Waals surface area contributed by atoms with E-state index in [2.05, 4.69) is 30.9 Å². The molecule has 1 aromatic carbocycles. The van der Waals surface area contributed by atoms with Gasteiger partial charge in [-0.2, -0.15) is 0 Å². The molecule has 18 nitrogen and oxygen atoms in total. The third-order valence-electron chi connectivity index (χ3n) is 7.39. The highest BCUT2D eigenvalue weighted by Crippen LogP contribution is 2.33. The van der Waals surface area contributed by atoms with Gasteiger partial charge in [0.15, 0.2) is 23.8 Å². The molecule has 6 N–H and O–H groups in total. The van der Waals surface area contributed by atoms with E-state index in [1.54, 1.807) is 72.7 Å². The van der Waals surface area contributed by atoms with E-state index >= 15 is 0 Å². The van der Waals surface area contributed by atoms with Crippen LogP contribution in [0, 0.1) is 0 Å². The maximum Gasteiger partial charge on any atom is 0.408 e. The molecule has 0 aliphatic carbocycles. The van der Waals surface area contributed by atoms with Crippen LogP contribution in [0.1, 0.15) is 66.7 Å². The lowest BCUT2D eigenvalue weighted by atomic mass is 10.0. The van der Waals surface area contributed by atoms with Gasteiger partial charge in [-0.15, -0.1) is 0 Å². The van der Waals surface area contributed by atoms with E-state index in [0.717, 1.165) is 0 Å². The fourth-order valence-electron chi connectivity index (χ4n) is 5.19. The Balaban J connectivity index is 1.47. The smallest absolute Gasteiger partial charge is 0.408 e. The highest BCUT2D eigenvalue weighted by molar-refractivity contribution is 5.87. The Labute approximate surface area is 301 Å². The number of nitrogens with one attached hydrogen (secondary N) is 3. The molecule has 1 fully saturated rings. The number of carbonyl (C=O) groups is 4. The number of aromatic nitrogens is 4. The molecule has 3 heterocycles. The Morgan fingerprint density at radius 1 is 1.00 bits per heavy atom. The molecular formula is C34H48N8O10. The average molecular weight is 729 g/mol. The molecule has 0 bridgehead atoms. The zero-order chi connectivity index (χ0) is 38.2. The zero-order valence-corrected chi connectivity index (χ0v) is 30.4. The number of fused-ring (bicyclic) bond motifs is 1. The number of ether oxygens (including phenoxy) is 5. The van der Waals surface area contributed by atoms with Gasteiger partial charge in [0.05, 0.1) is 25.6 Å². The van der Waals surface area contributed by atoms with Crippen LogP contribution in [-0.2, 0) is 35.0 Å². The van der Waals surface area contributed by atoms with E-state index in [1.807, 2.05) is 0 Å². The van der Waals surface area contributed by atoms with Crippen LogP contribution in [0.5, 0.6) is 5.75 Å². The predicted octanol–water partition coefficient (Wildman–Crippen LogP) is 2.14. The van der Waals surface area contributed by atoms with Crippen LogP contribution in [0.25, 0.3) is 11.2 Å². The number of aliphatic hydroxyl groups is 1. The predicted molar refractivity (Wildman–Crippen MR) is 186 cm³/mol. The van der Waals surface area contributed by atoms with Gasteiger partial charge in [0.1, 0.15) is 40.9 Å². The second kappa shape index (κ2) is 16.9. The van der Waals surface area contributed by atoms with Gasteiger partial charge in [-0.25, -0.2) is 29.3 Å². The summed E-state index contributed by atoms with van der Waals surface area (Å²) in [5, 5.41) is 19.4. The molecule has 0 radical (unpaired) electrons. The van der Waals surface area contributed by atoms with Crippen molar-refractivity contribution < 1.29 is 48.0 Å². The molecule has 284 valence electrons. The second-order valence-corrected chi connectivity index (χ2v) is 14.0. The monoisotopic (exact) mass is 728 g/mol. The Bertz CT molecular complexity index is 1700. The molecule has 0 spiro atoms. The number of amides is 3. The number of imidazole rings is 1. The first-order chi connectivity index (χ1) is 24.5. The number of nitrogen functional groups attached to an aromatic ring is 1. The summed E-state index contributed by atoms with van der Waals surface area (Å²) in [5.74, 6) is -0.892. The van der Waals surface area contributed by atoms with E-state index in [-0.39, 0.29) is 30.0 Å². The average Bonchev–Trinajstić information content (AvgIpc) is 3.61. The molecule has 2 aromatic heterocycles. The number of aliphatic hydroxyl groups excluding tert-OH is 1. The van der Waals surface area contributed by atoms with Gasteiger partial charge in [-0.05, 0) is 72.6 Å². The van der Waals surface area contributed by atoms with Crippen LogP contribution < -0.4 is 26.4 Å². The van der Waals surface area contributed by atoms with Crippen LogP contribution >= 0.6 is 0 Å². The van der Waals surface area contributed by atoms with E-state index in [9.17, 15) is 24.3 Å². The largest absolute Gasteiger partial charge is 0.494 e. The third-order valence-corrected chi connectivity index (χ3v) is 7.39. The third kappa shape index (κ3) is 10.9. The Morgan fingerprint density at radius 3 is 2.33 bits per heavy atom. The maximum absolute atomic E-state index is 13.9. The molecule has 3 amide bonds. The Kier molecular flexibility index (Phi) is 12.8. The number of anilines is 1. The van der Waals surface area contributed by atoms with Gasteiger partial charge in [-0.1, -0.05) is 12.1 Å². The fraction of sp³-hybridized carbons (Fsp3) is 0.559. The van der Waals surface area contributed by atoms with Crippen molar-refractivity contribution in [3.8, 4) is 5.75 Å². The first kappa shape index (κ1) is 39.6. The van der Waals surface area contributed by atoms with Crippen molar-refractivity contribution >= 4 is 41.0 Å². The lowest BCUT2D eigenvalue weighted by Crippen LogP contribution is -2.56. The first-order valence-electron chi connectivity index (χ1n) is 16.9. The number of nitrogens with two attached hydrogens (primary N) is 1. The summed E-state index contributed by atoms with van der Waals surface area (Å²) in [5.41, 5.74) is 5.62. The minimum atomic E-state index is -1.50. The van der Waals surface area contributed by atoms with E-state index in [1.165, 1.54) is 17.2 Å². The van der Waals surface area contributed by atoms with Gasteiger partial charge >= 0.3 is 18.2 Å². The van der Waals surface area contributed by atoms with Gasteiger partial charge in [0, 0.05) is 13.0 Å². The SMILES string of the molecule is CCOC(=O)[C@H]1O[C@@H](n2cnc3c(N)ncnc32)[C@H](O)[C@@H]1NC(=O)[C@H](Cc1ccc(OCCCNC(=O)OC(C)(C)C)cc1)NC(=O)OC(C)(C)C. The highest BCUT2D eigenvalue weighted by atomic mass is 16.6. The number of esters is 1. The molecule has 0 unspecified atom stereocenters. The Hall–Kier alpha value is -5.23. The number of hydrogen-bond acceptors (Lipinski definition) is 14. The second-order valence-electron chi connectivity index (χ2n) is 14.0. The molecule has 1 aliphatic heterocycles. The summed E-state index contributed by atoms with van der Waals surface area (Å²) >= 11 is 0. The van der Waals surface area contributed by atoms with Crippen molar-refractivity contribution in [2.45, 2.75) is 103 Å². The minimum Gasteiger partial charge on any atom is -0.494 e.